The monoisotopic (exact) mass is 399 g/mol. The molecule has 1 aliphatic rings. The Labute approximate surface area is 166 Å². The summed E-state index contributed by atoms with van der Waals surface area (Å²) in [5, 5.41) is 0.752. The van der Waals surface area contributed by atoms with Crippen LogP contribution in [0.25, 0.3) is 11.5 Å². The lowest BCUT2D eigenvalue weighted by Crippen LogP contribution is -2.23. The van der Waals surface area contributed by atoms with Crippen molar-refractivity contribution in [2.75, 3.05) is 13.2 Å². The summed E-state index contributed by atoms with van der Waals surface area (Å²) in [5.41, 5.74) is 0.568. The van der Waals surface area contributed by atoms with E-state index in [4.69, 9.17) is 18.6 Å². The molecule has 4 rings (SSSR count). The van der Waals surface area contributed by atoms with Crippen LogP contribution in [0, 0.1) is 5.92 Å². The zero-order valence-corrected chi connectivity index (χ0v) is 16.4. The number of rotatable bonds is 7. The highest BCUT2D eigenvalue weighted by Gasteiger charge is 2.30. The Morgan fingerprint density at radius 3 is 2.61 bits per heavy atom. The van der Waals surface area contributed by atoms with Gasteiger partial charge in [-0.25, -0.2) is 4.98 Å². The van der Waals surface area contributed by atoms with Crippen molar-refractivity contribution < 1.29 is 23.2 Å². The Morgan fingerprint density at radius 1 is 1.18 bits per heavy atom. The van der Waals surface area contributed by atoms with Gasteiger partial charge in [-0.1, -0.05) is 6.92 Å². The Kier molecular flexibility index (Phi) is 5.54. The largest absolute Gasteiger partial charge is 0.463 e. The molecular formula is C21H21NO5S. The van der Waals surface area contributed by atoms with Gasteiger partial charge in [-0.3, -0.25) is 9.59 Å². The summed E-state index contributed by atoms with van der Waals surface area (Å²) in [4.78, 5) is 30.8. The van der Waals surface area contributed by atoms with Crippen LogP contribution in [0.1, 0.15) is 57.3 Å². The standard InChI is InChI=1S/C21H21NO5S/c1-13(12-15(23)16-4-2-8-26-16)21-22-18(17-5-3-9-27-17)20(28-21)19(24)14-6-10-25-11-7-14/h2-5,8-9,13-14H,6-7,10-12H2,1H3/t13-/m0/s1. The van der Waals surface area contributed by atoms with Crippen LogP contribution in [0.15, 0.2) is 45.6 Å². The zero-order valence-electron chi connectivity index (χ0n) is 15.6. The van der Waals surface area contributed by atoms with Crippen LogP contribution in [-0.2, 0) is 4.74 Å². The number of nitrogens with zero attached hydrogens (tertiary/aromatic N) is 1. The summed E-state index contributed by atoms with van der Waals surface area (Å²) in [5.74, 6) is 0.728. The van der Waals surface area contributed by atoms with E-state index < -0.39 is 0 Å². The van der Waals surface area contributed by atoms with Crippen molar-refractivity contribution in [3.8, 4) is 11.5 Å². The van der Waals surface area contributed by atoms with Gasteiger partial charge in [0.15, 0.2) is 23.1 Å². The topological polar surface area (TPSA) is 82.5 Å². The van der Waals surface area contributed by atoms with Crippen LogP contribution in [0.5, 0.6) is 0 Å². The van der Waals surface area contributed by atoms with Crippen molar-refractivity contribution in [2.45, 2.75) is 32.1 Å². The van der Waals surface area contributed by atoms with E-state index in [1.54, 1.807) is 30.5 Å². The van der Waals surface area contributed by atoms with E-state index in [0.717, 1.165) is 17.8 Å². The van der Waals surface area contributed by atoms with Gasteiger partial charge >= 0.3 is 0 Å². The molecule has 7 heteroatoms. The molecule has 3 aromatic rings. The van der Waals surface area contributed by atoms with E-state index in [9.17, 15) is 9.59 Å². The highest BCUT2D eigenvalue weighted by Crippen LogP contribution is 2.36. The van der Waals surface area contributed by atoms with E-state index in [0.29, 0.717) is 35.3 Å². The summed E-state index contributed by atoms with van der Waals surface area (Å²) in [7, 11) is 0. The fourth-order valence-electron chi connectivity index (χ4n) is 3.34. The zero-order chi connectivity index (χ0) is 19.5. The third-order valence-electron chi connectivity index (χ3n) is 4.92. The first-order valence-electron chi connectivity index (χ1n) is 9.36. The van der Waals surface area contributed by atoms with Gasteiger partial charge in [-0.2, -0.15) is 0 Å². The molecule has 1 saturated heterocycles. The summed E-state index contributed by atoms with van der Waals surface area (Å²) in [6.45, 7) is 3.15. The lowest BCUT2D eigenvalue weighted by Gasteiger charge is -2.20. The third-order valence-corrected chi connectivity index (χ3v) is 6.22. The molecule has 0 saturated carbocycles. The Morgan fingerprint density at radius 2 is 1.93 bits per heavy atom. The molecule has 4 heterocycles. The van der Waals surface area contributed by atoms with Crippen molar-refractivity contribution >= 4 is 22.9 Å². The number of thiazole rings is 1. The van der Waals surface area contributed by atoms with Gasteiger partial charge in [0.2, 0.25) is 0 Å². The maximum absolute atomic E-state index is 13.2. The number of carbonyl (C=O) groups excluding carboxylic acids is 2. The van der Waals surface area contributed by atoms with Gasteiger partial charge in [0, 0.05) is 31.5 Å². The number of furan rings is 2. The normalized spacial score (nSPS) is 16.2. The molecule has 28 heavy (non-hydrogen) atoms. The molecule has 0 aromatic carbocycles. The fraction of sp³-hybridized carbons (Fsp3) is 0.381. The summed E-state index contributed by atoms with van der Waals surface area (Å²) in [6.07, 6.45) is 4.76. The van der Waals surface area contributed by atoms with Crippen molar-refractivity contribution in [3.63, 3.8) is 0 Å². The molecule has 0 spiro atoms. The van der Waals surface area contributed by atoms with Crippen LogP contribution in [0.3, 0.4) is 0 Å². The van der Waals surface area contributed by atoms with E-state index in [1.165, 1.54) is 17.6 Å². The van der Waals surface area contributed by atoms with Crippen molar-refractivity contribution in [1.82, 2.24) is 4.98 Å². The molecule has 6 nitrogen and oxygen atoms in total. The molecule has 0 radical (unpaired) electrons. The van der Waals surface area contributed by atoms with E-state index in [1.807, 2.05) is 6.92 Å². The Balaban J connectivity index is 1.61. The lowest BCUT2D eigenvalue weighted by molar-refractivity contribution is 0.0547. The van der Waals surface area contributed by atoms with Crippen LogP contribution in [-0.4, -0.2) is 29.8 Å². The molecule has 0 N–H and O–H groups in total. The quantitative estimate of drug-likeness (QED) is 0.521. The molecule has 146 valence electrons. The third kappa shape index (κ3) is 3.86. The molecule has 0 aliphatic carbocycles. The maximum Gasteiger partial charge on any atom is 0.198 e. The number of Topliss-reactive ketones (excluding diaryl/α,β-unsaturated/α-hetero) is 2. The van der Waals surface area contributed by atoms with Crippen LogP contribution < -0.4 is 0 Å². The first-order valence-corrected chi connectivity index (χ1v) is 10.2. The Bertz CT molecular complexity index is 936. The molecule has 0 unspecified atom stereocenters. The minimum Gasteiger partial charge on any atom is -0.463 e. The van der Waals surface area contributed by atoms with Crippen LogP contribution >= 0.6 is 11.3 Å². The first kappa shape index (κ1) is 18.8. The lowest BCUT2D eigenvalue weighted by atomic mass is 9.93. The van der Waals surface area contributed by atoms with Crippen LogP contribution in [0.2, 0.25) is 0 Å². The average Bonchev–Trinajstić information content (AvgIpc) is 3.49. The minimum absolute atomic E-state index is 0.0594. The molecular weight excluding hydrogens is 378 g/mol. The predicted molar refractivity (Wildman–Crippen MR) is 104 cm³/mol. The highest BCUT2D eigenvalue weighted by atomic mass is 32.1. The second-order valence-electron chi connectivity index (χ2n) is 6.96. The minimum atomic E-state index is -0.132. The second kappa shape index (κ2) is 8.24. The molecule has 3 aromatic heterocycles. The Hall–Kier alpha value is -2.51. The van der Waals surface area contributed by atoms with E-state index in [2.05, 4.69) is 0 Å². The summed E-state index contributed by atoms with van der Waals surface area (Å²) in [6, 6.07) is 6.94. The number of hydrogen-bond donors (Lipinski definition) is 0. The molecule has 1 atom stereocenters. The second-order valence-corrected chi connectivity index (χ2v) is 7.99. The molecule has 0 bridgehead atoms. The number of carbonyl (C=O) groups is 2. The highest BCUT2D eigenvalue weighted by molar-refractivity contribution is 7.14. The summed E-state index contributed by atoms with van der Waals surface area (Å²) >= 11 is 1.36. The van der Waals surface area contributed by atoms with Crippen LogP contribution in [0.4, 0.5) is 0 Å². The van der Waals surface area contributed by atoms with Gasteiger partial charge in [-0.05, 0) is 37.1 Å². The van der Waals surface area contributed by atoms with E-state index >= 15 is 0 Å². The number of ether oxygens (including phenoxy) is 1. The van der Waals surface area contributed by atoms with Crippen molar-refractivity contribution in [3.05, 3.63) is 52.4 Å². The smallest absolute Gasteiger partial charge is 0.198 e. The van der Waals surface area contributed by atoms with Gasteiger partial charge in [0.25, 0.3) is 0 Å². The number of hydrogen-bond acceptors (Lipinski definition) is 7. The van der Waals surface area contributed by atoms with Gasteiger partial charge in [0.05, 0.1) is 17.5 Å². The fourth-order valence-corrected chi connectivity index (χ4v) is 4.48. The summed E-state index contributed by atoms with van der Waals surface area (Å²) < 4.78 is 16.1. The van der Waals surface area contributed by atoms with Gasteiger partial charge in [-0.15, -0.1) is 11.3 Å². The first-order chi connectivity index (χ1) is 13.6. The number of ketones is 2. The van der Waals surface area contributed by atoms with Crippen molar-refractivity contribution in [1.29, 1.82) is 0 Å². The van der Waals surface area contributed by atoms with E-state index in [-0.39, 0.29) is 29.8 Å². The molecule has 1 fully saturated rings. The number of aromatic nitrogens is 1. The van der Waals surface area contributed by atoms with Gasteiger partial charge in [0.1, 0.15) is 10.6 Å². The van der Waals surface area contributed by atoms with Gasteiger partial charge < -0.3 is 13.6 Å². The van der Waals surface area contributed by atoms with Crippen molar-refractivity contribution in [2.24, 2.45) is 5.92 Å². The molecule has 0 amide bonds. The average molecular weight is 399 g/mol. The predicted octanol–water partition coefficient (Wildman–Crippen LogP) is 4.98. The molecule has 1 aliphatic heterocycles. The maximum atomic E-state index is 13.2. The SMILES string of the molecule is C[C@@H](CC(=O)c1ccco1)c1nc(-c2ccco2)c(C(=O)C2CCOCC2)s1.